The number of nitrogen functional groups attached to an aromatic ring is 1. The van der Waals surface area contributed by atoms with Crippen molar-refractivity contribution >= 4 is 11.4 Å². The summed E-state index contributed by atoms with van der Waals surface area (Å²) >= 11 is 0. The van der Waals surface area contributed by atoms with E-state index < -0.39 is 0 Å². The van der Waals surface area contributed by atoms with E-state index in [9.17, 15) is 0 Å². The molecule has 0 aliphatic heterocycles. The zero-order chi connectivity index (χ0) is 12.0. The Morgan fingerprint density at radius 3 is 2.75 bits per heavy atom. The zero-order valence-corrected chi connectivity index (χ0v) is 10.4. The van der Waals surface area contributed by atoms with Crippen molar-refractivity contribution in [1.29, 1.82) is 0 Å². The number of rotatable bonds is 6. The van der Waals surface area contributed by atoms with Crippen molar-refractivity contribution in [2.45, 2.75) is 33.3 Å². The monoisotopic (exact) mass is 222 g/mol. The maximum absolute atomic E-state index is 5.75. The van der Waals surface area contributed by atoms with Crippen molar-refractivity contribution in [2.24, 2.45) is 0 Å². The average Bonchev–Trinajstić information content (AvgIpc) is 2.22. The Hall–Kier alpha value is -1.22. The van der Waals surface area contributed by atoms with E-state index in [1.165, 1.54) is 0 Å². The van der Waals surface area contributed by atoms with E-state index in [-0.39, 0.29) is 0 Å². The molecule has 0 bridgehead atoms. The maximum atomic E-state index is 5.75. The first kappa shape index (κ1) is 12.8. The smallest absolute Gasteiger partial charge is 0.0518 e. The lowest BCUT2D eigenvalue weighted by molar-refractivity contribution is 0.0787. The Bertz CT molecular complexity index is 324. The highest BCUT2D eigenvalue weighted by molar-refractivity contribution is 5.56. The van der Waals surface area contributed by atoms with E-state index >= 15 is 0 Å². The minimum absolute atomic E-state index is 0.318. The Balaban J connectivity index is 2.24. The summed E-state index contributed by atoms with van der Waals surface area (Å²) in [5.41, 5.74) is 8.83. The molecular formula is C13H22N2O. The van der Waals surface area contributed by atoms with Gasteiger partial charge in [-0.25, -0.2) is 0 Å². The second-order valence-electron chi connectivity index (χ2n) is 4.27. The number of nitrogens with two attached hydrogens (primary N) is 1. The Morgan fingerprint density at radius 1 is 1.38 bits per heavy atom. The molecule has 0 heterocycles. The van der Waals surface area contributed by atoms with E-state index in [0.29, 0.717) is 6.10 Å². The summed E-state index contributed by atoms with van der Waals surface area (Å²) in [6, 6.07) is 6.01. The van der Waals surface area contributed by atoms with Crippen LogP contribution in [0.4, 0.5) is 11.4 Å². The van der Waals surface area contributed by atoms with Gasteiger partial charge in [0.1, 0.15) is 0 Å². The lowest BCUT2D eigenvalue weighted by Gasteiger charge is -2.10. The first-order valence-corrected chi connectivity index (χ1v) is 5.81. The molecule has 3 nitrogen and oxygen atoms in total. The largest absolute Gasteiger partial charge is 0.399 e. The molecule has 0 aliphatic rings. The van der Waals surface area contributed by atoms with Gasteiger partial charge in [0.25, 0.3) is 0 Å². The lowest BCUT2D eigenvalue weighted by Crippen LogP contribution is -2.09. The van der Waals surface area contributed by atoms with E-state index in [2.05, 4.69) is 25.2 Å². The fourth-order valence-corrected chi connectivity index (χ4v) is 1.41. The molecule has 16 heavy (non-hydrogen) atoms. The minimum atomic E-state index is 0.318. The van der Waals surface area contributed by atoms with Crippen LogP contribution in [0.2, 0.25) is 0 Å². The molecule has 0 amide bonds. The number of nitrogens with one attached hydrogen (secondary N) is 1. The van der Waals surface area contributed by atoms with Crippen LogP contribution in [-0.4, -0.2) is 19.3 Å². The van der Waals surface area contributed by atoms with Crippen LogP contribution in [0.15, 0.2) is 18.2 Å². The van der Waals surface area contributed by atoms with Crippen LogP contribution in [0.1, 0.15) is 25.8 Å². The van der Waals surface area contributed by atoms with Gasteiger partial charge < -0.3 is 15.8 Å². The topological polar surface area (TPSA) is 47.3 Å². The van der Waals surface area contributed by atoms with Crippen LogP contribution in [0.3, 0.4) is 0 Å². The summed E-state index contributed by atoms with van der Waals surface area (Å²) in [6.45, 7) is 7.85. The summed E-state index contributed by atoms with van der Waals surface area (Å²) in [6.07, 6.45) is 1.33. The van der Waals surface area contributed by atoms with E-state index in [1.54, 1.807) is 0 Å². The summed E-state index contributed by atoms with van der Waals surface area (Å²) in [5.74, 6) is 0. The Labute approximate surface area is 98.0 Å². The summed E-state index contributed by atoms with van der Waals surface area (Å²) < 4.78 is 5.46. The second-order valence-corrected chi connectivity index (χ2v) is 4.27. The maximum Gasteiger partial charge on any atom is 0.0518 e. The summed E-state index contributed by atoms with van der Waals surface area (Å²) in [5, 5.41) is 3.35. The molecule has 0 fully saturated rings. The number of aryl methyl sites for hydroxylation is 1. The van der Waals surface area contributed by atoms with Gasteiger partial charge in [-0.2, -0.15) is 0 Å². The second kappa shape index (κ2) is 6.38. The molecule has 0 aliphatic carbocycles. The van der Waals surface area contributed by atoms with Crippen molar-refractivity contribution in [3.63, 3.8) is 0 Å². The van der Waals surface area contributed by atoms with E-state index in [1.807, 2.05) is 19.1 Å². The third kappa shape index (κ3) is 4.53. The predicted octanol–water partition coefficient (Wildman–Crippen LogP) is 2.80. The normalized spacial score (nSPS) is 10.8. The first-order chi connectivity index (χ1) is 7.59. The molecule has 0 unspecified atom stereocenters. The number of benzene rings is 1. The van der Waals surface area contributed by atoms with Crippen LogP contribution in [0, 0.1) is 6.92 Å². The molecule has 0 radical (unpaired) electrons. The van der Waals surface area contributed by atoms with E-state index in [0.717, 1.165) is 36.5 Å². The van der Waals surface area contributed by atoms with Crippen LogP contribution in [-0.2, 0) is 4.74 Å². The highest BCUT2D eigenvalue weighted by atomic mass is 16.5. The number of anilines is 2. The standard InChI is InChI=1S/C13H22N2O/c1-10(2)16-8-4-7-15-12-5-6-13(14)11(3)9-12/h5-6,9-10,15H,4,7-8,14H2,1-3H3. The Morgan fingerprint density at radius 2 is 2.12 bits per heavy atom. The quantitative estimate of drug-likeness (QED) is 0.574. The summed E-state index contributed by atoms with van der Waals surface area (Å²) in [4.78, 5) is 0. The van der Waals surface area contributed by atoms with Crippen LogP contribution in [0.5, 0.6) is 0 Å². The van der Waals surface area contributed by atoms with Gasteiger partial charge in [-0.3, -0.25) is 0 Å². The fraction of sp³-hybridized carbons (Fsp3) is 0.538. The van der Waals surface area contributed by atoms with Gasteiger partial charge in [0, 0.05) is 24.5 Å². The number of ether oxygens (including phenoxy) is 1. The molecular weight excluding hydrogens is 200 g/mol. The number of hydrogen-bond acceptors (Lipinski definition) is 3. The van der Waals surface area contributed by atoms with Crippen molar-refractivity contribution in [3.8, 4) is 0 Å². The van der Waals surface area contributed by atoms with Gasteiger partial charge in [0.15, 0.2) is 0 Å². The first-order valence-electron chi connectivity index (χ1n) is 5.81. The minimum Gasteiger partial charge on any atom is -0.399 e. The predicted molar refractivity (Wildman–Crippen MR) is 69.8 cm³/mol. The van der Waals surface area contributed by atoms with Gasteiger partial charge in [-0.15, -0.1) is 0 Å². The van der Waals surface area contributed by atoms with Crippen molar-refractivity contribution < 1.29 is 4.74 Å². The highest BCUT2D eigenvalue weighted by Gasteiger charge is 1.97. The van der Waals surface area contributed by atoms with Gasteiger partial charge in [-0.1, -0.05) is 0 Å². The Kier molecular flexibility index (Phi) is 5.12. The van der Waals surface area contributed by atoms with Crippen LogP contribution in [0.25, 0.3) is 0 Å². The number of hydrogen-bond donors (Lipinski definition) is 2. The molecule has 0 saturated carbocycles. The van der Waals surface area contributed by atoms with Gasteiger partial charge in [0.05, 0.1) is 6.10 Å². The van der Waals surface area contributed by atoms with Gasteiger partial charge in [-0.05, 0) is 51.0 Å². The van der Waals surface area contributed by atoms with Crippen molar-refractivity contribution in [2.75, 3.05) is 24.2 Å². The SMILES string of the molecule is Cc1cc(NCCCOC(C)C)ccc1N. The molecule has 3 N–H and O–H groups in total. The third-order valence-corrected chi connectivity index (χ3v) is 2.37. The van der Waals surface area contributed by atoms with Gasteiger partial charge >= 0.3 is 0 Å². The molecule has 3 heteroatoms. The molecule has 0 aromatic heterocycles. The summed E-state index contributed by atoms with van der Waals surface area (Å²) in [7, 11) is 0. The third-order valence-electron chi connectivity index (χ3n) is 2.37. The molecule has 1 aromatic carbocycles. The van der Waals surface area contributed by atoms with Crippen molar-refractivity contribution in [3.05, 3.63) is 23.8 Å². The molecule has 90 valence electrons. The van der Waals surface area contributed by atoms with Crippen molar-refractivity contribution in [1.82, 2.24) is 0 Å². The van der Waals surface area contributed by atoms with E-state index in [4.69, 9.17) is 10.5 Å². The molecule has 0 atom stereocenters. The molecule has 1 rings (SSSR count). The molecule has 0 spiro atoms. The lowest BCUT2D eigenvalue weighted by atomic mass is 10.2. The molecule has 1 aromatic rings. The van der Waals surface area contributed by atoms with Crippen LogP contribution < -0.4 is 11.1 Å². The fourth-order valence-electron chi connectivity index (χ4n) is 1.41. The molecule has 0 saturated heterocycles. The average molecular weight is 222 g/mol. The van der Waals surface area contributed by atoms with Gasteiger partial charge in [0.2, 0.25) is 0 Å². The highest BCUT2D eigenvalue weighted by Crippen LogP contribution is 2.16. The zero-order valence-electron chi connectivity index (χ0n) is 10.4. The van der Waals surface area contributed by atoms with Crippen LogP contribution >= 0.6 is 0 Å².